The van der Waals surface area contributed by atoms with E-state index in [-0.39, 0.29) is 18.0 Å². The molecule has 1 fully saturated rings. The first kappa shape index (κ1) is 15.0. The highest BCUT2D eigenvalue weighted by Gasteiger charge is 2.28. The van der Waals surface area contributed by atoms with Crippen molar-refractivity contribution in [2.75, 3.05) is 23.7 Å². The molecule has 0 bridgehead atoms. The van der Waals surface area contributed by atoms with Gasteiger partial charge in [-0.3, -0.25) is 14.8 Å². The number of aromatic nitrogens is 3. The number of likely N-dealkylation sites (tertiary alicyclic amines) is 1. The highest BCUT2D eigenvalue weighted by molar-refractivity contribution is 5.88. The van der Waals surface area contributed by atoms with E-state index in [1.807, 2.05) is 12.3 Å². The van der Waals surface area contributed by atoms with Crippen molar-refractivity contribution >= 4 is 23.6 Å². The summed E-state index contributed by atoms with van der Waals surface area (Å²) < 4.78 is 1.79. The maximum absolute atomic E-state index is 12.2. The molecule has 8 heteroatoms. The fourth-order valence-electron chi connectivity index (χ4n) is 2.56. The second-order valence-corrected chi connectivity index (χ2v) is 5.40. The van der Waals surface area contributed by atoms with Gasteiger partial charge in [-0.15, -0.1) is 0 Å². The lowest BCUT2D eigenvalue weighted by Gasteiger charge is -2.17. The van der Waals surface area contributed by atoms with E-state index in [1.54, 1.807) is 34.0 Å². The Morgan fingerprint density at radius 2 is 2.09 bits per heavy atom. The van der Waals surface area contributed by atoms with Crippen LogP contribution in [0, 0.1) is 0 Å². The van der Waals surface area contributed by atoms with E-state index >= 15 is 0 Å². The number of hydrogen-bond donors (Lipinski definition) is 2. The summed E-state index contributed by atoms with van der Waals surface area (Å²) in [5.74, 6) is 0.903. The highest BCUT2D eigenvalue weighted by Crippen LogP contribution is 2.22. The van der Waals surface area contributed by atoms with Gasteiger partial charge in [-0.1, -0.05) is 6.07 Å². The van der Waals surface area contributed by atoms with Crippen molar-refractivity contribution in [2.45, 2.75) is 19.4 Å². The molecule has 1 aliphatic rings. The average molecular weight is 314 g/mol. The standard InChI is InChI=1S/C15H18N6O2/c1-11(22)17-14-6-9-21(19-14)12-5-8-20(10-12)15(23)18-13-4-2-3-7-16-13/h2-4,6-7,9,12H,5,8,10H2,1H3,(H,16,18,23)(H,17,19,22)/t12-/m0/s1. The summed E-state index contributed by atoms with van der Waals surface area (Å²) in [4.78, 5) is 29.1. The smallest absolute Gasteiger partial charge is 0.322 e. The molecule has 3 amide bonds. The van der Waals surface area contributed by atoms with Crippen LogP contribution in [0.4, 0.5) is 16.4 Å². The molecule has 2 N–H and O–H groups in total. The van der Waals surface area contributed by atoms with Crippen molar-refractivity contribution in [3.63, 3.8) is 0 Å². The van der Waals surface area contributed by atoms with Crippen LogP contribution in [0.15, 0.2) is 36.7 Å². The quantitative estimate of drug-likeness (QED) is 0.902. The summed E-state index contributed by atoms with van der Waals surface area (Å²) in [6, 6.07) is 7.05. The van der Waals surface area contributed by atoms with Gasteiger partial charge in [0.15, 0.2) is 5.82 Å². The molecule has 1 aliphatic heterocycles. The Labute approximate surface area is 133 Å². The van der Waals surface area contributed by atoms with Gasteiger partial charge in [-0.05, 0) is 18.6 Å². The zero-order valence-electron chi connectivity index (χ0n) is 12.8. The van der Waals surface area contributed by atoms with Crippen molar-refractivity contribution < 1.29 is 9.59 Å². The van der Waals surface area contributed by atoms with Crippen LogP contribution in [0.1, 0.15) is 19.4 Å². The number of hydrogen-bond acceptors (Lipinski definition) is 4. The molecule has 2 aromatic heterocycles. The molecule has 120 valence electrons. The number of pyridine rings is 1. The van der Waals surface area contributed by atoms with Crippen molar-refractivity contribution in [3.05, 3.63) is 36.7 Å². The van der Waals surface area contributed by atoms with Gasteiger partial charge in [0.2, 0.25) is 5.91 Å². The number of urea groups is 1. The van der Waals surface area contributed by atoms with Gasteiger partial charge in [0.1, 0.15) is 5.82 Å². The van der Waals surface area contributed by atoms with Crippen LogP contribution in [0.3, 0.4) is 0 Å². The van der Waals surface area contributed by atoms with Crippen molar-refractivity contribution in [1.82, 2.24) is 19.7 Å². The van der Waals surface area contributed by atoms with Crippen LogP contribution in [0.5, 0.6) is 0 Å². The van der Waals surface area contributed by atoms with Gasteiger partial charge >= 0.3 is 6.03 Å². The average Bonchev–Trinajstić information content (AvgIpc) is 3.16. The van der Waals surface area contributed by atoms with Crippen LogP contribution in [0.2, 0.25) is 0 Å². The molecule has 0 spiro atoms. The summed E-state index contributed by atoms with van der Waals surface area (Å²) in [5.41, 5.74) is 0. The number of anilines is 2. The fraction of sp³-hybridized carbons (Fsp3) is 0.333. The van der Waals surface area contributed by atoms with E-state index in [0.29, 0.717) is 24.7 Å². The molecule has 0 aromatic carbocycles. The third-order valence-electron chi connectivity index (χ3n) is 3.64. The SMILES string of the molecule is CC(=O)Nc1ccn([C@H]2CCN(C(=O)Nc3ccccn3)C2)n1. The zero-order valence-corrected chi connectivity index (χ0v) is 12.8. The van der Waals surface area contributed by atoms with Gasteiger partial charge in [0, 0.05) is 38.5 Å². The monoisotopic (exact) mass is 314 g/mol. The predicted molar refractivity (Wildman–Crippen MR) is 85.0 cm³/mol. The lowest BCUT2D eigenvalue weighted by atomic mass is 10.3. The maximum atomic E-state index is 12.2. The minimum atomic E-state index is -0.166. The summed E-state index contributed by atoms with van der Waals surface area (Å²) in [7, 11) is 0. The fourth-order valence-corrected chi connectivity index (χ4v) is 2.56. The summed E-state index contributed by atoms with van der Waals surface area (Å²) in [5, 5.41) is 9.74. The van der Waals surface area contributed by atoms with E-state index in [1.165, 1.54) is 6.92 Å². The minimum absolute atomic E-state index is 0.104. The Kier molecular flexibility index (Phi) is 4.22. The van der Waals surface area contributed by atoms with Crippen molar-refractivity contribution in [3.8, 4) is 0 Å². The van der Waals surface area contributed by atoms with Gasteiger partial charge in [0.05, 0.1) is 6.04 Å². The second-order valence-electron chi connectivity index (χ2n) is 5.40. The van der Waals surface area contributed by atoms with Gasteiger partial charge in [-0.2, -0.15) is 5.10 Å². The van der Waals surface area contributed by atoms with E-state index in [9.17, 15) is 9.59 Å². The Balaban J connectivity index is 1.58. The molecule has 2 aromatic rings. The van der Waals surface area contributed by atoms with E-state index in [4.69, 9.17) is 0 Å². The first-order valence-corrected chi connectivity index (χ1v) is 7.41. The predicted octanol–water partition coefficient (Wildman–Crippen LogP) is 1.72. The number of carbonyl (C=O) groups is 2. The van der Waals surface area contributed by atoms with Crippen LogP contribution in [-0.2, 0) is 4.79 Å². The molecule has 0 unspecified atom stereocenters. The zero-order chi connectivity index (χ0) is 16.2. The summed E-state index contributed by atoms with van der Waals surface area (Å²) in [6.07, 6.45) is 4.27. The molecule has 23 heavy (non-hydrogen) atoms. The largest absolute Gasteiger partial charge is 0.323 e. The number of rotatable bonds is 3. The van der Waals surface area contributed by atoms with Crippen LogP contribution in [-0.4, -0.2) is 44.7 Å². The molecule has 3 rings (SSSR count). The molecule has 8 nitrogen and oxygen atoms in total. The van der Waals surface area contributed by atoms with Gasteiger partial charge < -0.3 is 10.2 Å². The van der Waals surface area contributed by atoms with Gasteiger partial charge in [-0.25, -0.2) is 9.78 Å². The first-order valence-electron chi connectivity index (χ1n) is 7.41. The molecular formula is C15H18N6O2. The third-order valence-corrected chi connectivity index (χ3v) is 3.64. The Morgan fingerprint density at radius 3 is 2.83 bits per heavy atom. The molecule has 3 heterocycles. The number of nitrogens with one attached hydrogen (secondary N) is 2. The Morgan fingerprint density at radius 1 is 1.22 bits per heavy atom. The lowest BCUT2D eigenvalue weighted by molar-refractivity contribution is -0.114. The number of nitrogens with zero attached hydrogens (tertiary/aromatic N) is 4. The second kappa shape index (κ2) is 6.47. The van der Waals surface area contributed by atoms with E-state index in [2.05, 4.69) is 20.7 Å². The normalized spacial score (nSPS) is 17.1. The first-order chi connectivity index (χ1) is 11.1. The van der Waals surface area contributed by atoms with Crippen LogP contribution >= 0.6 is 0 Å². The Bertz CT molecular complexity index is 699. The Hall–Kier alpha value is -2.90. The molecule has 1 saturated heterocycles. The molecular weight excluding hydrogens is 296 g/mol. The minimum Gasteiger partial charge on any atom is -0.322 e. The topological polar surface area (TPSA) is 92.2 Å². The van der Waals surface area contributed by atoms with E-state index < -0.39 is 0 Å². The molecule has 1 atom stereocenters. The summed E-state index contributed by atoms with van der Waals surface area (Å²) >= 11 is 0. The number of amides is 3. The van der Waals surface area contributed by atoms with Crippen LogP contribution < -0.4 is 10.6 Å². The maximum Gasteiger partial charge on any atom is 0.323 e. The van der Waals surface area contributed by atoms with Crippen LogP contribution in [0.25, 0.3) is 0 Å². The lowest BCUT2D eigenvalue weighted by Crippen LogP contribution is -2.33. The van der Waals surface area contributed by atoms with Crippen molar-refractivity contribution in [2.24, 2.45) is 0 Å². The molecule has 0 saturated carbocycles. The van der Waals surface area contributed by atoms with Crippen molar-refractivity contribution in [1.29, 1.82) is 0 Å². The summed E-state index contributed by atoms with van der Waals surface area (Å²) in [6.45, 7) is 2.66. The highest BCUT2D eigenvalue weighted by atomic mass is 16.2. The molecule has 0 aliphatic carbocycles. The third kappa shape index (κ3) is 3.65. The van der Waals surface area contributed by atoms with E-state index in [0.717, 1.165) is 6.42 Å². The number of carbonyl (C=O) groups excluding carboxylic acids is 2. The van der Waals surface area contributed by atoms with Gasteiger partial charge in [0.25, 0.3) is 0 Å². The molecule has 0 radical (unpaired) electrons.